The maximum atomic E-state index is 10.2. The largest absolute Gasteiger partial charge is 0.319 e. The summed E-state index contributed by atoms with van der Waals surface area (Å²) in [5.74, 6) is 0. The Morgan fingerprint density at radius 1 is 1.47 bits per heavy atom. The van der Waals surface area contributed by atoms with Gasteiger partial charge in [0.2, 0.25) is 6.54 Å². The first-order chi connectivity index (χ1) is 6.52. The highest BCUT2D eigenvalue weighted by Crippen LogP contribution is 2.28. The van der Waals surface area contributed by atoms with Crippen LogP contribution in [0.1, 0.15) is 11.6 Å². The third-order valence-corrected chi connectivity index (χ3v) is 2.56. The van der Waals surface area contributed by atoms with Gasteiger partial charge in [0.15, 0.2) is 0 Å². The first kappa shape index (κ1) is 14.5. The van der Waals surface area contributed by atoms with Gasteiger partial charge < -0.3 is 5.73 Å². The Morgan fingerprint density at radius 2 is 2.07 bits per heavy atom. The molecule has 0 saturated carbocycles. The molecule has 1 aromatic carbocycles. The van der Waals surface area contributed by atoms with Crippen molar-refractivity contribution in [2.75, 3.05) is 6.54 Å². The zero-order valence-corrected chi connectivity index (χ0v) is 9.85. The molecule has 4 nitrogen and oxygen atoms in total. The number of hydrogen-bond acceptors (Lipinski definition) is 3. The highest BCUT2D eigenvalue weighted by Gasteiger charge is 2.16. The van der Waals surface area contributed by atoms with Gasteiger partial charge in [-0.15, -0.1) is 12.4 Å². The molecule has 0 spiro atoms. The number of benzene rings is 1. The van der Waals surface area contributed by atoms with E-state index in [4.69, 9.17) is 28.9 Å². The molecular formula is C8H9Cl3N2O2. The molecule has 0 aliphatic carbocycles. The molecule has 84 valence electrons. The maximum absolute atomic E-state index is 10.2. The average Bonchev–Trinajstić information content (AvgIpc) is 2.08. The molecule has 1 unspecified atom stereocenters. The molecule has 0 amide bonds. The van der Waals surface area contributed by atoms with Crippen LogP contribution in [0.5, 0.6) is 0 Å². The molecule has 0 aliphatic heterocycles. The summed E-state index contributed by atoms with van der Waals surface area (Å²) in [5.41, 5.74) is 6.08. The van der Waals surface area contributed by atoms with Gasteiger partial charge in [0, 0.05) is 4.92 Å². The summed E-state index contributed by atoms with van der Waals surface area (Å²) in [6.45, 7) is -0.361. The van der Waals surface area contributed by atoms with E-state index >= 15 is 0 Å². The summed E-state index contributed by atoms with van der Waals surface area (Å²) in [5, 5.41) is 10.9. The van der Waals surface area contributed by atoms with Crippen LogP contribution in [0.4, 0.5) is 0 Å². The number of nitro groups is 1. The molecular weight excluding hydrogens is 262 g/mol. The summed E-state index contributed by atoms with van der Waals surface area (Å²) in [4.78, 5) is 9.74. The Morgan fingerprint density at radius 3 is 2.60 bits per heavy atom. The number of nitrogens with two attached hydrogens (primary N) is 1. The normalized spacial score (nSPS) is 11.7. The van der Waals surface area contributed by atoms with Crippen molar-refractivity contribution in [3.05, 3.63) is 43.9 Å². The summed E-state index contributed by atoms with van der Waals surface area (Å²) in [7, 11) is 0. The van der Waals surface area contributed by atoms with Gasteiger partial charge in [0.1, 0.15) is 0 Å². The lowest BCUT2D eigenvalue weighted by Gasteiger charge is -2.09. The Balaban J connectivity index is 0.00000196. The Hall–Kier alpha value is -0.550. The van der Waals surface area contributed by atoms with Crippen molar-refractivity contribution in [2.24, 2.45) is 5.73 Å². The van der Waals surface area contributed by atoms with Crippen molar-refractivity contribution < 1.29 is 4.92 Å². The molecule has 2 N–H and O–H groups in total. The van der Waals surface area contributed by atoms with Crippen LogP contribution in [0.3, 0.4) is 0 Å². The van der Waals surface area contributed by atoms with E-state index in [1.54, 1.807) is 18.2 Å². The molecule has 1 atom stereocenters. The van der Waals surface area contributed by atoms with Gasteiger partial charge in [0.25, 0.3) is 0 Å². The molecule has 0 aromatic heterocycles. The average molecular weight is 272 g/mol. The molecule has 0 aliphatic rings. The van der Waals surface area contributed by atoms with E-state index in [0.29, 0.717) is 10.6 Å². The molecule has 1 rings (SSSR count). The number of hydrogen-bond donors (Lipinski definition) is 1. The van der Waals surface area contributed by atoms with Gasteiger partial charge >= 0.3 is 0 Å². The quantitative estimate of drug-likeness (QED) is 0.679. The van der Waals surface area contributed by atoms with Crippen LogP contribution in [-0.2, 0) is 0 Å². The van der Waals surface area contributed by atoms with Gasteiger partial charge in [-0.05, 0) is 11.6 Å². The van der Waals surface area contributed by atoms with Crippen molar-refractivity contribution in [3.8, 4) is 0 Å². The molecule has 0 saturated heterocycles. The number of rotatable bonds is 3. The highest BCUT2D eigenvalue weighted by molar-refractivity contribution is 6.42. The van der Waals surface area contributed by atoms with Crippen LogP contribution in [0.2, 0.25) is 10.0 Å². The van der Waals surface area contributed by atoms with Gasteiger partial charge in [-0.3, -0.25) is 10.1 Å². The van der Waals surface area contributed by atoms with E-state index in [1.165, 1.54) is 0 Å². The Bertz CT molecular complexity index is 360. The van der Waals surface area contributed by atoms with Crippen molar-refractivity contribution in [1.29, 1.82) is 0 Å². The fraction of sp³-hybridized carbons (Fsp3) is 0.250. The molecule has 0 heterocycles. The fourth-order valence-corrected chi connectivity index (χ4v) is 1.51. The monoisotopic (exact) mass is 270 g/mol. The standard InChI is InChI=1S/C8H8Cl2N2O2.ClH/c9-6-3-1-2-5(8(6)10)7(11)4-12(13)14;/h1-3,7H,4,11H2;1H. The van der Waals surface area contributed by atoms with E-state index in [2.05, 4.69) is 0 Å². The molecule has 1 aromatic rings. The Labute approximate surface area is 103 Å². The number of halogens is 3. The summed E-state index contributed by atoms with van der Waals surface area (Å²) >= 11 is 11.6. The summed E-state index contributed by atoms with van der Waals surface area (Å²) in [6.07, 6.45) is 0. The first-order valence-corrected chi connectivity index (χ1v) is 4.59. The first-order valence-electron chi connectivity index (χ1n) is 3.83. The van der Waals surface area contributed by atoms with Crippen LogP contribution >= 0.6 is 35.6 Å². The van der Waals surface area contributed by atoms with Crippen molar-refractivity contribution >= 4 is 35.6 Å². The molecule has 0 bridgehead atoms. The predicted octanol–water partition coefficient (Wildman–Crippen LogP) is 2.69. The van der Waals surface area contributed by atoms with E-state index in [-0.39, 0.29) is 24.0 Å². The minimum absolute atomic E-state index is 0. The zero-order valence-electron chi connectivity index (χ0n) is 7.52. The maximum Gasteiger partial charge on any atom is 0.222 e. The van der Waals surface area contributed by atoms with E-state index in [0.717, 1.165) is 0 Å². The number of nitrogens with zero attached hydrogens (tertiary/aromatic N) is 1. The minimum Gasteiger partial charge on any atom is -0.319 e. The summed E-state index contributed by atoms with van der Waals surface area (Å²) < 4.78 is 0. The van der Waals surface area contributed by atoms with Gasteiger partial charge in [0.05, 0.1) is 16.1 Å². The molecule has 7 heteroatoms. The van der Waals surface area contributed by atoms with Crippen molar-refractivity contribution in [3.63, 3.8) is 0 Å². The second-order valence-electron chi connectivity index (χ2n) is 2.76. The summed E-state index contributed by atoms with van der Waals surface area (Å²) in [6, 6.07) is 4.16. The van der Waals surface area contributed by atoms with Crippen LogP contribution in [-0.4, -0.2) is 11.5 Å². The lowest BCUT2D eigenvalue weighted by atomic mass is 10.1. The lowest BCUT2D eigenvalue weighted by molar-refractivity contribution is -0.483. The highest BCUT2D eigenvalue weighted by atomic mass is 35.5. The fourth-order valence-electron chi connectivity index (χ4n) is 1.07. The third-order valence-electron chi connectivity index (χ3n) is 1.73. The second kappa shape index (κ2) is 6.12. The van der Waals surface area contributed by atoms with Gasteiger partial charge in [-0.25, -0.2) is 0 Å². The van der Waals surface area contributed by atoms with Crippen LogP contribution < -0.4 is 5.73 Å². The van der Waals surface area contributed by atoms with Gasteiger partial charge in [-0.1, -0.05) is 35.3 Å². The molecule has 0 fully saturated rings. The van der Waals surface area contributed by atoms with E-state index in [1.807, 2.05) is 0 Å². The Kier molecular flexibility index (Phi) is 5.90. The zero-order chi connectivity index (χ0) is 10.7. The predicted molar refractivity (Wildman–Crippen MR) is 62.5 cm³/mol. The minimum atomic E-state index is -0.726. The van der Waals surface area contributed by atoms with E-state index < -0.39 is 11.0 Å². The molecule has 0 radical (unpaired) electrons. The third kappa shape index (κ3) is 3.83. The van der Waals surface area contributed by atoms with Gasteiger partial charge in [-0.2, -0.15) is 0 Å². The van der Waals surface area contributed by atoms with Crippen molar-refractivity contribution in [1.82, 2.24) is 0 Å². The lowest BCUT2D eigenvalue weighted by Crippen LogP contribution is -2.20. The smallest absolute Gasteiger partial charge is 0.222 e. The van der Waals surface area contributed by atoms with Crippen LogP contribution in [0, 0.1) is 10.1 Å². The van der Waals surface area contributed by atoms with Crippen LogP contribution in [0.15, 0.2) is 18.2 Å². The second-order valence-corrected chi connectivity index (χ2v) is 3.55. The SMILES string of the molecule is Cl.NC(C[N+](=O)[O-])c1cccc(Cl)c1Cl. The van der Waals surface area contributed by atoms with Crippen LogP contribution in [0.25, 0.3) is 0 Å². The van der Waals surface area contributed by atoms with E-state index in [9.17, 15) is 10.1 Å². The topological polar surface area (TPSA) is 69.2 Å². The molecule has 15 heavy (non-hydrogen) atoms. The van der Waals surface area contributed by atoms with Crippen molar-refractivity contribution in [2.45, 2.75) is 6.04 Å².